The van der Waals surface area contributed by atoms with Crippen LogP contribution in [0.4, 0.5) is 4.39 Å². The van der Waals surface area contributed by atoms with E-state index >= 15 is 0 Å². The second-order valence-electron chi connectivity index (χ2n) is 6.15. The number of morpholine rings is 1. The van der Waals surface area contributed by atoms with E-state index in [-0.39, 0.29) is 36.1 Å². The lowest BCUT2D eigenvalue weighted by molar-refractivity contribution is -0.0566. The number of carbonyl (C=O) groups is 1. The van der Waals surface area contributed by atoms with E-state index in [0.717, 1.165) is 25.1 Å². The molecular formula is C16H21FN2O4. The Kier molecular flexibility index (Phi) is 4.79. The Hall–Kier alpha value is -1.70. The van der Waals surface area contributed by atoms with Crippen molar-refractivity contribution in [2.24, 2.45) is 0 Å². The fourth-order valence-corrected chi connectivity index (χ4v) is 3.32. The molecular weight excluding hydrogens is 303 g/mol. The number of phenolic OH excluding ortho intramolecular Hbond substituents is 1. The number of phenols is 1. The van der Waals surface area contributed by atoms with Gasteiger partial charge in [-0.25, -0.2) is 4.39 Å². The molecule has 3 atom stereocenters. The molecule has 23 heavy (non-hydrogen) atoms. The summed E-state index contributed by atoms with van der Waals surface area (Å²) in [5, 5.41) is 21.2. The molecule has 3 rings (SSSR count). The molecule has 1 aromatic carbocycles. The smallest absolute Gasteiger partial charge is 0.254 e. The van der Waals surface area contributed by atoms with Crippen LogP contribution in [0, 0.1) is 5.82 Å². The number of aliphatic hydroxyl groups is 1. The highest BCUT2D eigenvalue weighted by molar-refractivity contribution is 5.95. The van der Waals surface area contributed by atoms with Crippen molar-refractivity contribution < 1.29 is 24.1 Å². The minimum absolute atomic E-state index is 0.0224. The van der Waals surface area contributed by atoms with Crippen molar-refractivity contribution in [1.82, 2.24) is 10.2 Å². The van der Waals surface area contributed by atoms with Crippen molar-refractivity contribution >= 4 is 5.91 Å². The van der Waals surface area contributed by atoms with E-state index < -0.39 is 11.7 Å². The van der Waals surface area contributed by atoms with Gasteiger partial charge in [-0.15, -0.1) is 0 Å². The predicted molar refractivity (Wildman–Crippen MR) is 80.7 cm³/mol. The quantitative estimate of drug-likeness (QED) is 0.751. The summed E-state index contributed by atoms with van der Waals surface area (Å²) in [5.74, 6) is -1.31. The number of amides is 1. The summed E-state index contributed by atoms with van der Waals surface area (Å²) in [4.78, 5) is 14.4. The van der Waals surface area contributed by atoms with E-state index in [1.807, 2.05) is 0 Å². The predicted octanol–water partition coefficient (Wildman–Crippen LogP) is 0.485. The third-order valence-electron chi connectivity index (χ3n) is 4.47. The number of rotatable bonds is 4. The molecule has 6 nitrogen and oxygen atoms in total. The minimum Gasteiger partial charge on any atom is -0.508 e. The lowest BCUT2D eigenvalue weighted by Crippen LogP contribution is -2.46. The monoisotopic (exact) mass is 324 g/mol. The van der Waals surface area contributed by atoms with E-state index in [2.05, 4.69) is 10.2 Å². The summed E-state index contributed by atoms with van der Waals surface area (Å²) in [6.45, 7) is 2.10. The summed E-state index contributed by atoms with van der Waals surface area (Å²) in [7, 11) is 0. The number of ether oxygens (including phenoxy) is 1. The number of aliphatic hydroxyl groups excluding tert-OH is 1. The van der Waals surface area contributed by atoms with Gasteiger partial charge in [0.1, 0.15) is 11.6 Å². The third kappa shape index (κ3) is 3.63. The number of benzene rings is 1. The van der Waals surface area contributed by atoms with E-state index in [0.29, 0.717) is 19.6 Å². The van der Waals surface area contributed by atoms with Crippen LogP contribution in [-0.4, -0.2) is 65.5 Å². The number of nitrogens with zero attached hydrogens (tertiary/aromatic N) is 1. The zero-order valence-corrected chi connectivity index (χ0v) is 12.7. The SMILES string of the molecule is O=C(N[C@H]1C[C@H]2CO[C@@H](CCO)CN2C1)c1cc(O)ccc1F. The normalized spacial score (nSPS) is 27.7. The van der Waals surface area contributed by atoms with Crippen molar-refractivity contribution in [3.05, 3.63) is 29.6 Å². The molecule has 0 unspecified atom stereocenters. The summed E-state index contributed by atoms with van der Waals surface area (Å²) in [5.41, 5.74) is -0.149. The third-order valence-corrected chi connectivity index (χ3v) is 4.47. The first-order valence-electron chi connectivity index (χ1n) is 7.82. The zero-order chi connectivity index (χ0) is 16.4. The van der Waals surface area contributed by atoms with Crippen LogP contribution in [0.2, 0.25) is 0 Å². The minimum atomic E-state index is -0.651. The first-order valence-corrected chi connectivity index (χ1v) is 7.82. The Balaban J connectivity index is 1.59. The highest BCUT2D eigenvalue weighted by Crippen LogP contribution is 2.25. The molecule has 0 aromatic heterocycles. The Labute approximate surface area is 133 Å². The Bertz CT molecular complexity index is 583. The number of nitrogens with one attached hydrogen (secondary N) is 1. The van der Waals surface area contributed by atoms with Gasteiger partial charge in [0.05, 0.1) is 18.3 Å². The van der Waals surface area contributed by atoms with Gasteiger partial charge in [0.15, 0.2) is 0 Å². The average Bonchev–Trinajstić information content (AvgIpc) is 2.91. The second-order valence-corrected chi connectivity index (χ2v) is 6.15. The molecule has 0 aliphatic carbocycles. The van der Waals surface area contributed by atoms with Gasteiger partial charge in [0.25, 0.3) is 5.91 Å². The number of hydrogen-bond donors (Lipinski definition) is 3. The van der Waals surface area contributed by atoms with Gasteiger partial charge in [-0.3, -0.25) is 9.69 Å². The van der Waals surface area contributed by atoms with Gasteiger partial charge in [-0.2, -0.15) is 0 Å². The molecule has 0 bridgehead atoms. The highest BCUT2D eigenvalue weighted by atomic mass is 19.1. The number of fused-ring (bicyclic) bond motifs is 1. The van der Waals surface area contributed by atoms with Crippen molar-refractivity contribution in [2.45, 2.75) is 31.0 Å². The molecule has 0 spiro atoms. The van der Waals surface area contributed by atoms with Gasteiger partial charge < -0.3 is 20.3 Å². The summed E-state index contributed by atoms with van der Waals surface area (Å²) < 4.78 is 19.4. The molecule has 2 heterocycles. The van der Waals surface area contributed by atoms with Gasteiger partial charge in [0, 0.05) is 31.8 Å². The van der Waals surface area contributed by atoms with Crippen LogP contribution in [0.1, 0.15) is 23.2 Å². The van der Waals surface area contributed by atoms with Crippen molar-refractivity contribution in [2.75, 3.05) is 26.3 Å². The molecule has 2 saturated heterocycles. The standard InChI is InChI=1S/C16H21FN2O4/c17-15-2-1-12(21)6-14(15)16(22)18-10-5-11-9-23-13(3-4-20)8-19(11)7-10/h1-2,6,10-11,13,20-21H,3-5,7-9H2,(H,18,22)/t10-,11-,13-/m0/s1. The maximum Gasteiger partial charge on any atom is 0.254 e. The summed E-state index contributed by atoms with van der Waals surface area (Å²) in [6.07, 6.45) is 1.38. The van der Waals surface area contributed by atoms with Gasteiger partial charge in [-0.1, -0.05) is 0 Å². The lowest BCUT2D eigenvalue weighted by Gasteiger charge is -2.34. The summed E-state index contributed by atoms with van der Waals surface area (Å²) >= 11 is 0. The van der Waals surface area contributed by atoms with Gasteiger partial charge >= 0.3 is 0 Å². The topological polar surface area (TPSA) is 82.0 Å². The van der Waals surface area contributed by atoms with Crippen LogP contribution >= 0.6 is 0 Å². The number of hydrogen-bond acceptors (Lipinski definition) is 5. The molecule has 2 aliphatic rings. The Morgan fingerprint density at radius 1 is 1.43 bits per heavy atom. The van der Waals surface area contributed by atoms with E-state index in [1.54, 1.807) is 0 Å². The van der Waals surface area contributed by atoms with Crippen LogP contribution < -0.4 is 5.32 Å². The highest BCUT2D eigenvalue weighted by Gasteiger charge is 2.37. The zero-order valence-electron chi connectivity index (χ0n) is 12.7. The van der Waals surface area contributed by atoms with E-state index in [4.69, 9.17) is 9.84 Å². The molecule has 1 amide bonds. The number of halogens is 1. The van der Waals surface area contributed by atoms with Gasteiger partial charge in [0.2, 0.25) is 0 Å². The van der Waals surface area contributed by atoms with Crippen LogP contribution in [0.3, 0.4) is 0 Å². The molecule has 0 saturated carbocycles. The first kappa shape index (κ1) is 16.2. The van der Waals surface area contributed by atoms with Crippen LogP contribution in [0.15, 0.2) is 18.2 Å². The van der Waals surface area contributed by atoms with E-state index in [9.17, 15) is 14.3 Å². The fraction of sp³-hybridized carbons (Fsp3) is 0.562. The Morgan fingerprint density at radius 3 is 3.04 bits per heavy atom. The van der Waals surface area contributed by atoms with Crippen molar-refractivity contribution in [3.8, 4) is 5.75 Å². The Morgan fingerprint density at radius 2 is 2.26 bits per heavy atom. The van der Waals surface area contributed by atoms with Crippen LogP contribution in [-0.2, 0) is 4.74 Å². The maximum atomic E-state index is 13.7. The summed E-state index contributed by atoms with van der Waals surface area (Å²) in [6, 6.07) is 3.58. The van der Waals surface area contributed by atoms with Crippen molar-refractivity contribution in [3.63, 3.8) is 0 Å². The average molecular weight is 324 g/mol. The van der Waals surface area contributed by atoms with E-state index in [1.165, 1.54) is 6.07 Å². The molecule has 2 aliphatic heterocycles. The number of carbonyl (C=O) groups excluding carboxylic acids is 1. The molecule has 2 fully saturated rings. The fourth-order valence-electron chi connectivity index (χ4n) is 3.32. The largest absolute Gasteiger partial charge is 0.508 e. The van der Waals surface area contributed by atoms with Crippen molar-refractivity contribution in [1.29, 1.82) is 0 Å². The molecule has 1 aromatic rings. The molecule has 3 N–H and O–H groups in total. The molecule has 7 heteroatoms. The van der Waals surface area contributed by atoms with Crippen LogP contribution in [0.5, 0.6) is 5.75 Å². The van der Waals surface area contributed by atoms with Gasteiger partial charge in [-0.05, 0) is 31.0 Å². The first-order chi connectivity index (χ1) is 11.1. The number of aromatic hydroxyl groups is 1. The second kappa shape index (κ2) is 6.82. The lowest BCUT2D eigenvalue weighted by atomic mass is 10.1. The molecule has 0 radical (unpaired) electrons. The molecule has 126 valence electrons. The maximum absolute atomic E-state index is 13.7. The van der Waals surface area contributed by atoms with Crippen LogP contribution in [0.25, 0.3) is 0 Å².